The van der Waals surface area contributed by atoms with E-state index in [0.717, 1.165) is 25.2 Å². The minimum Gasteiger partial charge on any atom is -0.325 e. The fourth-order valence-electron chi connectivity index (χ4n) is 4.80. The van der Waals surface area contributed by atoms with Gasteiger partial charge in [-0.3, -0.25) is 9.69 Å². The number of nitrogens with zero attached hydrogens (tertiary/aromatic N) is 2. The van der Waals surface area contributed by atoms with E-state index < -0.39 is 0 Å². The average Bonchev–Trinajstić information content (AvgIpc) is 3.12. The zero-order valence-corrected chi connectivity index (χ0v) is 14.8. The molecule has 3 aliphatic rings. The molecule has 0 radical (unpaired) electrons. The number of anilines is 1. The van der Waals surface area contributed by atoms with E-state index >= 15 is 0 Å². The van der Waals surface area contributed by atoms with E-state index in [1.807, 2.05) is 0 Å². The van der Waals surface area contributed by atoms with Crippen molar-refractivity contribution in [1.29, 1.82) is 0 Å². The molecule has 0 spiro atoms. The maximum absolute atomic E-state index is 12.6. The number of hydrogen-bond acceptors (Lipinski definition) is 3. The van der Waals surface area contributed by atoms with Crippen molar-refractivity contribution in [2.24, 2.45) is 0 Å². The molecule has 1 N–H and O–H groups in total. The highest BCUT2D eigenvalue weighted by Gasteiger charge is 2.37. The lowest BCUT2D eigenvalue weighted by molar-refractivity contribution is -0.118. The van der Waals surface area contributed by atoms with Gasteiger partial charge in [-0.15, -0.1) is 0 Å². The number of nitrogens with one attached hydrogen (secondary N) is 1. The first-order valence-electron chi connectivity index (χ1n) is 9.62. The van der Waals surface area contributed by atoms with Crippen LogP contribution in [0.2, 0.25) is 0 Å². The van der Waals surface area contributed by atoms with Crippen molar-refractivity contribution >= 4 is 11.6 Å². The van der Waals surface area contributed by atoms with Crippen LogP contribution in [0.5, 0.6) is 0 Å². The second-order valence-corrected chi connectivity index (χ2v) is 7.62. The third-order valence-corrected chi connectivity index (χ3v) is 6.17. The van der Waals surface area contributed by atoms with Crippen LogP contribution in [0.3, 0.4) is 0 Å². The number of likely N-dealkylation sites (tertiary alicyclic amines) is 1. The molecule has 2 unspecified atom stereocenters. The summed E-state index contributed by atoms with van der Waals surface area (Å²) in [6.45, 7) is 6.21. The van der Waals surface area contributed by atoms with Crippen LogP contribution in [-0.4, -0.2) is 54.0 Å². The number of carbonyl (C=O) groups is 1. The van der Waals surface area contributed by atoms with Gasteiger partial charge in [-0.25, -0.2) is 0 Å². The molecule has 1 aliphatic carbocycles. The monoisotopic (exact) mass is 327 g/mol. The van der Waals surface area contributed by atoms with Gasteiger partial charge in [0.1, 0.15) is 0 Å². The van der Waals surface area contributed by atoms with Crippen LogP contribution in [0, 0.1) is 0 Å². The number of rotatable bonds is 4. The lowest BCUT2D eigenvalue weighted by atomic mass is 10.1. The quantitative estimate of drug-likeness (QED) is 0.923. The minimum atomic E-state index is 0.148. The zero-order valence-electron chi connectivity index (χ0n) is 14.8. The van der Waals surface area contributed by atoms with Crippen molar-refractivity contribution in [3.8, 4) is 0 Å². The van der Waals surface area contributed by atoms with Crippen LogP contribution in [0.25, 0.3) is 0 Å². The van der Waals surface area contributed by atoms with E-state index in [4.69, 9.17) is 0 Å². The number of likely N-dealkylation sites (N-methyl/N-ethyl adjacent to an activating group) is 1. The fraction of sp³-hybridized carbons (Fsp3) is 0.650. The van der Waals surface area contributed by atoms with Gasteiger partial charge in [0.05, 0.1) is 6.54 Å². The molecule has 0 aromatic heterocycles. The van der Waals surface area contributed by atoms with Gasteiger partial charge in [-0.1, -0.05) is 13.0 Å². The molecule has 2 bridgehead atoms. The van der Waals surface area contributed by atoms with E-state index in [-0.39, 0.29) is 5.91 Å². The molecule has 1 amide bonds. The van der Waals surface area contributed by atoms with Gasteiger partial charge in [0.15, 0.2) is 0 Å². The molecule has 4 heteroatoms. The topological polar surface area (TPSA) is 35.6 Å². The van der Waals surface area contributed by atoms with E-state index in [9.17, 15) is 4.79 Å². The highest BCUT2D eigenvalue weighted by Crippen LogP contribution is 2.30. The molecule has 24 heavy (non-hydrogen) atoms. The molecule has 2 heterocycles. The zero-order chi connectivity index (χ0) is 16.5. The molecule has 0 saturated carbocycles. The van der Waals surface area contributed by atoms with Crippen molar-refractivity contribution in [2.75, 3.05) is 31.5 Å². The van der Waals surface area contributed by atoms with Crippen molar-refractivity contribution in [3.05, 3.63) is 29.3 Å². The first kappa shape index (κ1) is 16.1. The Kier molecular flexibility index (Phi) is 4.59. The maximum Gasteiger partial charge on any atom is 0.238 e. The van der Waals surface area contributed by atoms with Crippen LogP contribution in [0.1, 0.15) is 43.7 Å². The third kappa shape index (κ3) is 3.22. The summed E-state index contributed by atoms with van der Waals surface area (Å²) in [5.74, 6) is 0.148. The van der Waals surface area contributed by atoms with Crippen molar-refractivity contribution < 1.29 is 4.79 Å². The number of hydrogen-bond donors (Lipinski definition) is 1. The Morgan fingerprint density at radius 3 is 2.88 bits per heavy atom. The Morgan fingerprint density at radius 2 is 2.00 bits per heavy atom. The van der Waals surface area contributed by atoms with Gasteiger partial charge in [0.2, 0.25) is 5.91 Å². The largest absolute Gasteiger partial charge is 0.325 e. The summed E-state index contributed by atoms with van der Waals surface area (Å²) < 4.78 is 0. The highest BCUT2D eigenvalue weighted by molar-refractivity contribution is 5.92. The lowest BCUT2D eigenvalue weighted by Gasteiger charge is -2.28. The number of aryl methyl sites for hydroxylation is 2. The Balaban J connectivity index is 1.39. The Hall–Kier alpha value is -1.39. The van der Waals surface area contributed by atoms with Crippen molar-refractivity contribution in [3.63, 3.8) is 0 Å². The molecular formula is C20H29N3O. The SMILES string of the molecule is CCN1CCC2CCC(C1)N2CC(=O)Nc1ccc2c(c1)CCC2. The minimum absolute atomic E-state index is 0.148. The van der Waals surface area contributed by atoms with E-state index in [1.165, 1.54) is 49.8 Å². The van der Waals surface area contributed by atoms with E-state index in [0.29, 0.717) is 18.6 Å². The molecule has 2 fully saturated rings. The van der Waals surface area contributed by atoms with Crippen molar-refractivity contribution in [1.82, 2.24) is 9.80 Å². The molecule has 1 aromatic carbocycles. The van der Waals surface area contributed by atoms with E-state index in [1.54, 1.807) is 0 Å². The van der Waals surface area contributed by atoms with Gasteiger partial charge in [0.25, 0.3) is 0 Å². The standard InChI is InChI=1S/C20H29N3O/c1-2-22-11-10-18-8-9-19(13-22)23(18)14-20(24)21-17-7-6-15-4-3-5-16(15)12-17/h6-7,12,18-19H,2-5,8-11,13-14H2,1H3,(H,21,24). The Labute approximate surface area is 145 Å². The summed E-state index contributed by atoms with van der Waals surface area (Å²) in [7, 11) is 0. The van der Waals surface area contributed by atoms with Gasteiger partial charge in [0, 0.05) is 24.3 Å². The summed E-state index contributed by atoms with van der Waals surface area (Å²) in [5, 5.41) is 3.14. The van der Waals surface area contributed by atoms with E-state index in [2.05, 4.69) is 40.2 Å². The first-order chi connectivity index (χ1) is 11.7. The van der Waals surface area contributed by atoms with Gasteiger partial charge >= 0.3 is 0 Å². The smallest absolute Gasteiger partial charge is 0.238 e. The van der Waals surface area contributed by atoms with Crippen LogP contribution in [-0.2, 0) is 17.6 Å². The van der Waals surface area contributed by atoms with Gasteiger partial charge in [-0.2, -0.15) is 0 Å². The van der Waals surface area contributed by atoms with Crippen LogP contribution in [0.4, 0.5) is 5.69 Å². The predicted molar refractivity (Wildman–Crippen MR) is 97.3 cm³/mol. The van der Waals surface area contributed by atoms with Crippen LogP contribution in [0.15, 0.2) is 18.2 Å². The molecular weight excluding hydrogens is 298 g/mol. The fourth-order valence-corrected chi connectivity index (χ4v) is 4.80. The maximum atomic E-state index is 12.6. The number of amides is 1. The summed E-state index contributed by atoms with van der Waals surface area (Å²) in [6, 6.07) is 7.58. The normalized spacial score (nSPS) is 27.0. The van der Waals surface area contributed by atoms with Crippen molar-refractivity contribution in [2.45, 2.75) is 57.5 Å². The summed E-state index contributed by atoms with van der Waals surface area (Å²) in [5.41, 5.74) is 3.84. The molecule has 1 aromatic rings. The lowest BCUT2D eigenvalue weighted by Crippen LogP contribution is -2.43. The Bertz CT molecular complexity index is 615. The third-order valence-electron chi connectivity index (χ3n) is 6.17. The second-order valence-electron chi connectivity index (χ2n) is 7.62. The van der Waals surface area contributed by atoms with Gasteiger partial charge < -0.3 is 10.2 Å². The summed E-state index contributed by atoms with van der Waals surface area (Å²) in [4.78, 5) is 17.6. The highest BCUT2D eigenvalue weighted by atomic mass is 16.2. The second kappa shape index (κ2) is 6.85. The molecule has 2 atom stereocenters. The first-order valence-corrected chi connectivity index (χ1v) is 9.62. The molecule has 130 valence electrons. The predicted octanol–water partition coefficient (Wildman–Crippen LogP) is 2.67. The van der Waals surface area contributed by atoms with Gasteiger partial charge in [-0.05, 0) is 74.9 Å². The summed E-state index contributed by atoms with van der Waals surface area (Å²) in [6.07, 6.45) is 7.30. The molecule has 4 rings (SSSR count). The number of carbonyl (C=O) groups excluding carboxylic acids is 1. The average molecular weight is 327 g/mol. The Morgan fingerprint density at radius 1 is 1.17 bits per heavy atom. The molecule has 2 saturated heterocycles. The summed E-state index contributed by atoms with van der Waals surface area (Å²) >= 11 is 0. The molecule has 2 aliphatic heterocycles. The number of fused-ring (bicyclic) bond motifs is 3. The molecule has 4 nitrogen and oxygen atoms in total. The van der Waals surface area contributed by atoms with Crippen LogP contribution >= 0.6 is 0 Å². The number of benzene rings is 1. The van der Waals surface area contributed by atoms with Crippen LogP contribution < -0.4 is 5.32 Å².